The normalized spacial score (nSPS) is 16.5. The number of fused-ring (bicyclic) bond motifs is 7. The largest absolute Gasteiger partial charge is 0.508 e. The number of carbonyl (C=O) groups is 1. The van der Waals surface area contributed by atoms with Gasteiger partial charge in [0.25, 0.3) is 0 Å². The number of hydrogen-bond acceptors (Lipinski definition) is 6. The molecular formula is C30H31NO6. The van der Waals surface area contributed by atoms with Crippen molar-refractivity contribution in [3.8, 4) is 23.0 Å². The smallest absolute Gasteiger partial charge is 0.335 e. The molecule has 0 amide bonds. The Kier molecular flexibility index (Phi) is 6.80. The average Bonchev–Trinajstić information content (AvgIpc) is 3.39. The van der Waals surface area contributed by atoms with E-state index in [4.69, 9.17) is 24.4 Å². The fraction of sp³-hybridized carbons (Fsp3) is 0.300. The fourth-order valence-electron chi connectivity index (χ4n) is 5.60. The van der Waals surface area contributed by atoms with E-state index in [0.29, 0.717) is 6.04 Å². The van der Waals surface area contributed by atoms with Crippen LogP contribution in [0.15, 0.2) is 54.6 Å². The molecule has 2 aliphatic rings. The first kappa shape index (κ1) is 24.7. The summed E-state index contributed by atoms with van der Waals surface area (Å²) in [7, 11) is 5.13. The van der Waals surface area contributed by atoms with Gasteiger partial charge in [-0.1, -0.05) is 6.07 Å². The van der Waals surface area contributed by atoms with Crippen LogP contribution in [0.3, 0.4) is 0 Å². The summed E-state index contributed by atoms with van der Waals surface area (Å²) in [5.74, 6) is 1.54. The van der Waals surface area contributed by atoms with Gasteiger partial charge in [0, 0.05) is 12.6 Å². The Morgan fingerprint density at radius 3 is 2.16 bits per heavy atom. The first-order valence-electron chi connectivity index (χ1n) is 12.4. The Balaban J connectivity index is 0.000000237. The van der Waals surface area contributed by atoms with Gasteiger partial charge in [-0.25, -0.2) is 4.79 Å². The van der Waals surface area contributed by atoms with Gasteiger partial charge >= 0.3 is 5.97 Å². The topological polar surface area (TPSA) is 88.5 Å². The first-order valence-corrected chi connectivity index (χ1v) is 12.4. The van der Waals surface area contributed by atoms with Gasteiger partial charge in [-0.15, -0.1) is 0 Å². The number of phenols is 1. The molecule has 1 fully saturated rings. The molecule has 2 aliphatic heterocycles. The van der Waals surface area contributed by atoms with Crippen LogP contribution in [0.4, 0.5) is 0 Å². The number of phenolic OH excluding ortho intramolecular Hbond substituents is 1. The van der Waals surface area contributed by atoms with E-state index in [1.54, 1.807) is 21.3 Å². The molecule has 4 aromatic rings. The van der Waals surface area contributed by atoms with Crippen molar-refractivity contribution in [2.75, 3.05) is 27.9 Å². The number of hydrogen-bond donors (Lipinski definition) is 2. The summed E-state index contributed by atoms with van der Waals surface area (Å²) in [6.45, 7) is 2.25. The second kappa shape index (κ2) is 10.2. The van der Waals surface area contributed by atoms with Gasteiger partial charge < -0.3 is 24.4 Å². The molecule has 0 bridgehead atoms. The molecule has 0 aliphatic carbocycles. The monoisotopic (exact) mass is 501 g/mol. The molecule has 7 nitrogen and oxygen atoms in total. The highest BCUT2D eigenvalue weighted by Crippen LogP contribution is 2.44. The molecule has 192 valence electrons. The van der Waals surface area contributed by atoms with Crippen LogP contribution < -0.4 is 14.2 Å². The highest BCUT2D eigenvalue weighted by atomic mass is 16.5. The third-order valence-electron chi connectivity index (χ3n) is 7.47. The van der Waals surface area contributed by atoms with Crippen molar-refractivity contribution < 1.29 is 29.2 Å². The molecule has 0 aromatic heterocycles. The summed E-state index contributed by atoms with van der Waals surface area (Å²) in [4.78, 5) is 12.9. The third-order valence-corrected chi connectivity index (χ3v) is 7.47. The predicted octanol–water partition coefficient (Wildman–Crippen LogP) is 5.63. The zero-order chi connectivity index (χ0) is 26.1. The molecule has 1 saturated heterocycles. The number of rotatable bonds is 4. The van der Waals surface area contributed by atoms with Gasteiger partial charge in [-0.2, -0.15) is 0 Å². The number of aromatic carboxylic acids is 1. The Hall–Kier alpha value is -3.97. The first-order chi connectivity index (χ1) is 17.9. The highest BCUT2D eigenvalue weighted by molar-refractivity contribution is 6.12. The van der Waals surface area contributed by atoms with Gasteiger partial charge in [0.05, 0.1) is 26.9 Å². The Bertz CT molecular complexity index is 1460. The third kappa shape index (κ3) is 4.62. The van der Waals surface area contributed by atoms with Crippen molar-refractivity contribution >= 4 is 27.5 Å². The predicted molar refractivity (Wildman–Crippen MR) is 143 cm³/mol. The molecule has 4 aromatic carbocycles. The van der Waals surface area contributed by atoms with E-state index >= 15 is 0 Å². The van der Waals surface area contributed by atoms with E-state index in [1.165, 1.54) is 76.3 Å². The maximum atomic E-state index is 10.2. The minimum atomic E-state index is -0.986. The number of nitrogens with zero attached hydrogens (tertiary/aromatic N) is 1. The summed E-state index contributed by atoms with van der Waals surface area (Å²) < 4.78 is 16.7. The van der Waals surface area contributed by atoms with Crippen LogP contribution in [0.5, 0.6) is 23.0 Å². The number of methoxy groups -OCH3 is 3. The van der Waals surface area contributed by atoms with Crippen LogP contribution in [0.25, 0.3) is 21.5 Å². The summed E-state index contributed by atoms with van der Waals surface area (Å²) in [6.07, 6.45) is 3.72. The van der Waals surface area contributed by atoms with E-state index in [1.807, 2.05) is 0 Å². The van der Waals surface area contributed by atoms with E-state index in [-0.39, 0.29) is 11.3 Å². The Labute approximate surface area is 215 Å². The number of carboxylic acid groups (broad SMARTS) is 1. The molecule has 0 saturated carbocycles. The van der Waals surface area contributed by atoms with E-state index < -0.39 is 5.97 Å². The lowest BCUT2D eigenvalue weighted by atomic mass is 9.85. The number of aromatic hydroxyl groups is 1. The summed E-state index contributed by atoms with van der Waals surface area (Å²) >= 11 is 0. The van der Waals surface area contributed by atoms with Crippen LogP contribution in [0.1, 0.15) is 34.3 Å². The summed E-state index contributed by atoms with van der Waals surface area (Å²) in [5.41, 5.74) is 3.12. The van der Waals surface area contributed by atoms with Crippen LogP contribution >= 0.6 is 0 Å². The minimum absolute atomic E-state index is 0.0741. The van der Waals surface area contributed by atoms with E-state index in [2.05, 4.69) is 35.2 Å². The average molecular weight is 502 g/mol. The highest BCUT2D eigenvalue weighted by Gasteiger charge is 2.32. The number of benzene rings is 4. The van der Waals surface area contributed by atoms with Gasteiger partial charge in [0.2, 0.25) is 0 Å². The SMILES string of the molecule is COc1ccc2c3c(c4cc(OC)c(OC)cc4c2c1)CC1CCCN1C3.O=C(O)c1ccc(O)cc1. The standard InChI is InChI=1S/C23H25NO3.C7H6O3/c1-25-15-6-7-16-18(10-15)20-12-23(27-3)22(26-2)11-19(20)17-9-14-5-4-8-24(14)13-21(16)17;8-6-3-1-5(2-4-6)7(9)10/h6-7,10-12,14H,4-5,8-9,13H2,1-3H3;1-4,8H,(H,9,10). The second-order valence-corrected chi connectivity index (χ2v) is 9.44. The zero-order valence-electron chi connectivity index (χ0n) is 21.3. The van der Waals surface area contributed by atoms with Crippen molar-refractivity contribution in [1.29, 1.82) is 0 Å². The molecule has 7 heteroatoms. The fourth-order valence-corrected chi connectivity index (χ4v) is 5.60. The minimum Gasteiger partial charge on any atom is -0.508 e. The van der Waals surface area contributed by atoms with Gasteiger partial charge in [-0.3, -0.25) is 4.90 Å². The van der Waals surface area contributed by atoms with E-state index in [0.717, 1.165) is 30.2 Å². The van der Waals surface area contributed by atoms with Crippen molar-refractivity contribution in [2.45, 2.75) is 31.8 Å². The van der Waals surface area contributed by atoms with Crippen LogP contribution in [-0.2, 0) is 13.0 Å². The quantitative estimate of drug-likeness (QED) is 0.350. The van der Waals surface area contributed by atoms with Gasteiger partial charge in [0.15, 0.2) is 11.5 Å². The Morgan fingerprint density at radius 2 is 1.51 bits per heavy atom. The van der Waals surface area contributed by atoms with Crippen LogP contribution in [0.2, 0.25) is 0 Å². The summed E-state index contributed by atoms with van der Waals surface area (Å²) in [6, 6.07) is 16.8. The van der Waals surface area contributed by atoms with Crippen LogP contribution in [-0.4, -0.2) is 55.0 Å². The molecule has 37 heavy (non-hydrogen) atoms. The lowest BCUT2D eigenvalue weighted by Gasteiger charge is -2.33. The van der Waals surface area contributed by atoms with Crippen molar-refractivity contribution in [3.05, 3.63) is 71.3 Å². The molecular weight excluding hydrogens is 470 g/mol. The molecule has 0 radical (unpaired) electrons. The molecule has 0 spiro atoms. The molecule has 1 unspecified atom stereocenters. The van der Waals surface area contributed by atoms with Crippen molar-refractivity contribution in [3.63, 3.8) is 0 Å². The van der Waals surface area contributed by atoms with E-state index in [9.17, 15) is 4.79 Å². The molecule has 1 atom stereocenters. The molecule has 2 heterocycles. The van der Waals surface area contributed by atoms with Crippen LogP contribution in [0, 0.1) is 0 Å². The zero-order valence-corrected chi connectivity index (χ0v) is 21.3. The maximum absolute atomic E-state index is 10.2. The van der Waals surface area contributed by atoms with Crippen molar-refractivity contribution in [1.82, 2.24) is 4.90 Å². The Morgan fingerprint density at radius 1 is 0.838 bits per heavy atom. The van der Waals surface area contributed by atoms with Gasteiger partial charge in [-0.05, 0) is 107 Å². The number of carboxylic acids is 1. The second-order valence-electron chi connectivity index (χ2n) is 9.44. The molecule has 6 rings (SSSR count). The molecule has 2 N–H and O–H groups in total. The lowest BCUT2D eigenvalue weighted by Crippen LogP contribution is -2.35. The number of ether oxygens (including phenoxy) is 3. The summed E-state index contributed by atoms with van der Waals surface area (Å²) in [5, 5.41) is 22.2. The van der Waals surface area contributed by atoms with Crippen molar-refractivity contribution in [2.24, 2.45) is 0 Å². The maximum Gasteiger partial charge on any atom is 0.335 e. The lowest BCUT2D eigenvalue weighted by molar-refractivity contribution is 0.0697. The van der Waals surface area contributed by atoms with Gasteiger partial charge in [0.1, 0.15) is 11.5 Å².